The lowest BCUT2D eigenvalue weighted by atomic mass is 10.2. The summed E-state index contributed by atoms with van der Waals surface area (Å²) in [6.45, 7) is 3.63. The Kier molecular flexibility index (Phi) is 4.85. The number of anilines is 1. The number of carboxylic acids is 1. The molecule has 0 aromatic carbocycles. The van der Waals surface area contributed by atoms with Crippen molar-refractivity contribution in [1.82, 2.24) is 0 Å². The predicted molar refractivity (Wildman–Crippen MR) is 65.9 cm³/mol. The summed E-state index contributed by atoms with van der Waals surface area (Å²) >= 11 is 1.16. The van der Waals surface area contributed by atoms with E-state index in [4.69, 9.17) is 9.84 Å². The minimum absolute atomic E-state index is 0.233. The monoisotopic (exact) mass is 271 g/mol. The van der Waals surface area contributed by atoms with Crippen LogP contribution in [0.1, 0.15) is 29.3 Å². The third-order valence-electron chi connectivity index (χ3n) is 2.02. The molecule has 6 nitrogen and oxygen atoms in total. The zero-order valence-electron chi connectivity index (χ0n) is 9.98. The molecule has 1 rings (SSSR count). The van der Waals surface area contributed by atoms with Crippen LogP contribution in [0.2, 0.25) is 0 Å². The highest BCUT2D eigenvalue weighted by atomic mass is 32.1. The van der Waals surface area contributed by atoms with Gasteiger partial charge in [-0.25, -0.2) is 4.79 Å². The number of rotatable bonds is 5. The molecule has 0 radical (unpaired) electrons. The number of esters is 1. The second kappa shape index (κ2) is 6.15. The highest BCUT2D eigenvalue weighted by Gasteiger charge is 2.20. The third-order valence-corrected chi connectivity index (χ3v) is 3.03. The molecule has 0 unspecified atom stereocenters. The number of hydrogen-bond acceptors (Lipinski definition) is 5. The van der Waals surface area contributed by atoms with Gasteiger partial charge in [-0.05, 0) is 24.8 Å². The Morgan fingerprint density at radius 2 is 2.11 bits per heavy atom. The van der Waals surface area contributed by atoms with Crippen LogP contribution in [-0.2, 0) is 14.3 Å². The average Bonchev–Trinajstić information content (AvgIpc) is 2.58. The van der Waals surface area contributed by atoms with E-state index in [9.17, 15) is 14.4 Å². The molecule has 0 bridgehead atoms. The molecule has 1 aromatic rings. The first kappa shape index (κ1) is 14.2. The van der Waals surface area contributed by atoms with E-state index in [1.54, 1.807) is 19.2 Å². The summed E-state index contributed by atoms with van der Waals surface area (Å²) in [4.78, 5) is 33.4. The van der Waals surface area contributed by atoms with Gasteiger partial charge >= 0.3 is 11.9 Å². The number of hydrogen-bond donors (Lipinski definition) is 2. The zero-order chi connectivity index (χ0) is 13.7. The van der Waals surface area contributed by atoms with Gasteiger partial charge in [0.15, 0.2) is 0 Å². The molecule has 1 aromatic heterocycles. The Hall–Kier alpha value is -1.89. The van der Waals surface area contributed by atoms with E-state index in [0.717, 1.165) is 11.3 Å². The number of carbonyl (C=O) groups excluding carboxylic acids is 2. The Morgan fingerprint density at radius 3 is 2.67 bits per heavy atom. The van der Waals surface area contributed by atoms with Gasteiger partial charge in [0, 0.05) is 0 Å². The molecule has 98 valence electrons. The van der Waals surface area contributed by atoms with Crippen LogP contribution in [0.4, 0.5) is 5.00 Å². The standard InChI is InChI=1S/C11H13NO5S/c1-3-17-11(16)9-6(2)5-18-10(9)12-7(13)4-8(14)15/h5H,3-4H2,1-2H3,(H,12,13)(H,14,15). The number of carboxylic acid groups (broad SMARTS) is 1. The Bertz CT molecular complexity index is 480. The number of nitrogens with one attached hydrogen (secondary N) is 1. The van der Waals surface area contributed by atoms with Crippen molar-refractivity contribution in [3.8, 4) is 0 Å². The smallest absolute Gasteiger partial charge is 0.341 e. The van der Waals surface area contributed by atoms with E-state index in [2.05, 4.69) is 5.32 Å². The van der Waals surface area contributed by atoms with Crippen molar-refractivity contribution in [1.29, 1.82) is 0 Å². The van der Waals surface area contributed by atoms with Crippen LogP contribution in [0, 0.1) is 6.92 Å². The summed E-state index contributed by atoms with van der Waals surface area (Å²) in [6, 6.07) is 0. The van der Waals surface area contributed by atoms with Crippen LogP contribution < -0.4 is 5.32 Å². The maximum Gasteiger partial charge on any atom is 0.341 e. The molecule has 0 aliphatic heterocycles. The van der Waals surface area contributed by atoms with Gasteiger partial charge < -0.3 is 15.2 Å². The maximum atomic E-state index is 11.7. The van der Waals surface area contributed by atoms with Gasteiger partial charge in [-0.3, -0.25) is 9.59 Å². The van der Waals surface area contributed by atoms with E-state index < -0.39 is 24.3 Å². The molecule has 0 spiro atoms. The van der Waals surface area contributed by atoms with Crippen molar-refractivity contribution in [3.05, 3.63) is 16.5 Å². The van der Waals surface area contributed by atoms with Crippen molar-refractivity contribution in [2.45, 2.75) is 20.3 Å². The summed E-state index contributed by atoms with van der Waals surface area (Å²) in [7, 11) is 0. The summed E-state index contributed by atoms with van der Waals surface area (Å²) in [5.74, 6) is -2.42. The third kappa shape index (κ3) is 3.56. The molecule has 0 aliphatic rings. The number of aryl methyl sites for hydroxylation is 1. The van der Waals surface area contributed by atoms with Gasteiger partial charge in [-0.15, -0.1) is 11.3 Å². The predicted octanol–water partition coefficient (Wildman–Crippen LogP) is 1.65. The van der Waals surface area contributed by atoms with Crippen LogP contribution in [0.3, 0.4) is 0 Å². The van der Waals surface area contributed by atoms with Gasteiger partial charge in [0.1, 0.15) is 11.4 Å². The molecular formula is C11H13NO5S. The Morgan fingerprint density at radius 1 is 1.44 bits per heavy atom. The van der Waals surface area contributed by atoms with Gasteiger partial charge in [0.2, 0.25) is 5.91 Å². The number of aliphatic carboxylic acids is 1. The van der Waals surface area contributed by atoms with E-state index in [-0.39, 0.29) is 12.2 Å². The average molecular weight is 271 g/mol. The normalized spacial score (nSPS) is 9.89. The minimum atomic E-state index is -1.22. The van der Waals surface area contributed by atoms with Gasteiger partial charge in [0.25, 0.3) is 0 Å². The summed E-state index contributed by atoms with van der Waals surface area (Å²) in [5, 5.41) is 12.9. The first-order chi connectivity index (χ1) is 8.45. The van der Waals surface area contributed by atoms with Crippen molar-refractivity contribution in [2.75, 3.05) is 11.9 Å². The molecule has 0 saturated heterocycles. The molecule has 0 atom stereocenters. The molecule has 2 N–H and O–H groups in total. The quantitative estimate of drug-likeness (QED) is 0.627. The van der Waals surface area contributed by atoms with Crippen molar-refractivity contribution < 1.29 is 24.2 Å². The molecule has 7 heteroatoms. The molecule has 0 aliphatic carbocycles. The number of ether oxygens (including phenoxy) is 1. The minimum Gasteiger partial charge on any atom is -0.481 e. The van der Waals surface area contributed by atoms with Gasteiger partial charge in [-0.1, -0.05) is 0 Å². The lowest BCUT2D eigenvalue weighted by Crippen LogP contribution is -2.17. The first-order valence-electron chi connectivity index (χ1n) is 5.22. The second-order valence-electron chi connectivity index (χ2n) is 3.46. The van der Waals surface area contributed by atoms with E-state index in [0.29, 0.717) is 10.6 Å². The van der Waals surface area contributed by atoms with Crippen LogP contribution in [0.15, 0.2) is 5.38 Å². The molecule has 1 heterocycles. The zero-order valence-corrected chi connectivity index (χ0v) is 10.8. The van der Waals surface area contributed by atoms with Gasteiger partial charge in [-0.2, -0.15) is 0 Å². The fourth-order valence-corrected chi connectivity index (χ4v) is 2.25. The Labute approximate surface area is 108 Å². The summed E-state index contributed by atoms with van der Waals surface area (Å²) in [6.07, 6.45) is -0.640. The van der Waals surface area contributed by atoms with Crippen molar-refractivity contribution >= 4 is 34.2 Å². The van der Waals surface area contributed by atoms with Crippen LogP contribution in [0.5, 0.6) is 0 Å². The van der Waals surface area contributed by atoms with E-state index in [1.165, 1.54) is 0 Å². The Balaban J connectivity index is 2.87. The van der Waals surface area contributed by atoms with Crippen molar-refractivity contribution in [2.24, 2.45) is 0 Å². The topological polar surface area (TPSA) is 92.7 Å². The van der Waals surface area contributed by atoms with Crippen LogP contribution in [-0.4, -0.2) is 29.6 Å². The van der Waals surface area contributed by atoms with Crippen molar-refractivity contribution in [3.63, 3.8) is 0 Å². The number of amides is 1. The van der Waals surface area contributed by atoms with E-state index >= 15 is 0 Å². The number of carbonyl (C=O) groups is 3. The molecule has 0 saturated carbocycles. The highest BCUT2D eigenvalue weighted by molar-refractivity contribution is 7.15. The molecule has 1 amide bonds. The summed E-state index contributed by atoms with van der Waals surface area (Å²) < 4.78 is 4.87. The summed E-state index contributed by atoms with van der Waals surface area (Å²) in [5.41, 5.74) is 0.963. The number of thiophene rings is 1. The highest BCUT2D eigenvalue weighted by Crippen LogP contribution is 2.28. The van der Waals surface area contributed by atoms with Gasteiger partial charge in [0.05, 0.1) is 12.2 Å². The second-order valence-corrected chi connectivity index (χ2v) is 4.34. The molecule has 0 fully saturated rings. The largest absolute Gasteiger partial charge is 0.481 e. The van der Waals surface area contributed by atoms with Crippen LogP contribution in [0.25, 0.3) is 0 Å². The molecular weight excluding hydrogens is 258 g/mol. The molecule has 18 heavy (non-hydrogen) atoms. The first-order valence-corrected chi connectivity index (χ1v) is 6.10. The SMILES string of the molecule is CCOC(=O)c1c(C)csc1NC(=O)CC(=O)O. The lowest BCUT2D eigenvalue weighted by molar-refractivity contribution is -0.139. The van der Waals surface area contributed by atoms with Crippen LogP contribution >= 0.6 is 11.3 Å². The maximum absolute atomic E-state index is 11.7. The fraction of sp³-hybridized carbons (Fsp3) is 0.364. The lowest BCUT2D eigenvalue weighted by Gasteiger charge is -2.06. The van der Waals surface area contributed by atoms with E-state index in [1.807, 2.05) is 0 Å². The fourth-order valence-electron chi connectivity index (χ4n) is 1.30.